The van der Waals surface area contributed by atoms with Crippen LogP contribution in [0, 0.1) is 5.82 Å². The zero-order valence-corrected chi connectivity index (χ0v) is 14.6. The van der Waals surface area contributed by atoms with E-state index in [4.69, 9.17) is 4.52 Å². The van der Waals surface area contributed by atoms with E-state index >= 15 is 0 Å². The SMILES string of the molecule is CSc1ncc2c(n1)CCN(Cc1cc(-c3ccccc3F)no1)C2. The molecule has 1 aliphatic rings. The van der Waals surface area contributed by atoms with E-state index in [-0.39, 0.29) is 5.82 Å². The van der Waals surface area contributed by atoms with E-state index in [1.165, 1.54) is 6.07 Å². The number of rotatable bonds is 4. The molecule has 4 rings (SSSR count). The Kier molecular flexibility index (Phi) is 4.50. The highest BCUT2D eigenvalue weighted by molar-refractivity contribution is 7.98. The smallest absolute Gasteiger partial charge is 0.187 e. The largest absolute Gasteiger partial charge is 0.359 e. The number of benzene rings is 1. The molecular weight excluding hydrogens is 339 g/mol. The third-order valence-electron chi connectivity index (χ3n) is 4.26. The maximum Gasteiger partial charge on any atom is 0.187 e. The van der Waals surface area contributed by atoms with Gasteiger partial charge in [-0.3, -0.25) is 4.90 Å². The fraction of sp³-hybridized carbons (Fsp3) is 0.278. The molecule has 0 amide bonds. The summed E-state index contributed by atoms with van der Waals surface area (Å²) in [6.07, 6.45) is 4.78. The monoisotopic (exact) mass is 356 g/mol. The van der Waals surface area contributed by atoms with Crippen molar-refractivity contribution in [3.05, 3.63) is 59.4 Å². The van der Waals surface area contributed by atoms with Crippen molar-refractivity contribution in [2.24, 2.45) is 0 Å². The van der Waals surface area contributed by atoms with Crippen molar-refractivity contribution in [1.29, 1.82) is 0 Å². The van der Waals surface area contributed by atoms with Crippen LogP contribution in [-0.4, -0.2) is 32.8 Å². The van der Waals surface area contributed by atoms with Gasteiger partial charge >= 0.3 is 0 Å². The molecule has 0 unspecified atom stereocenters. The van der Waals surface area contributed by atoms with Gasteiger partial charge in [0.2, 0.25) is 0 Å². The van der Waals surface area contributed by atoms with Crippen molar-refractivity contribution in [3.8, 4) is 11.3 Å². The Balaban J connectivity index is 1.47. The zero-order valence-electron chi connectivity index (χ0n) is 13.8. The third kappa shape index (κ3) is 3.43. The lowest BCUT2D eigenvalue weighted by Crippen LogP contribution is -2.30. The van der Waals surface area contributed by atoms with Gasteiger partial charge in [0, 0.05) is 42.9 Å². The van der Waals surface area contributed by atoms with E-state index in [1.54, 1.807) is 36.0 Å². The van der Waals surface area contributed by atoms with Crippen molar-refractivity contribution in [2.75, 3.05) is 12.8 Å². The standard InChI is InChI=1S/C18H17FN4OS/c1-25-18-20-9-12-10-23(7-6-16(12)21-18)11-13-8-17(22-24-13)14-4-2-3-5-15(14)19/h2-5,8-9H,6-7,10-11H2,1H3. The normalized spacial score (nSPS) is 14.5. The Hall–Kier alpha value is -2.25. The van der Waals surface area contributed by atoms with Crippen molar-refractivity contribution in [2.45, 2.75) is 24.7 Å². The van der Waals surface area contributed by atoms with Gasteiger partial charge in [-0.05, 0) is 18.4 Å². The summed E-state index contributed by atoms with van der Waals surface area (Å²) < 4.78 is 19.3. The van der Waals surface area contributed by atoms with E-state index in [2.05, 4.69) is 20.0 Å². The number of aromatic nitrogens is 3. The van der Waals surface area contributed by atoms with Gasteiger partial charge in [-0.25, -0.2) is 14.4 Å². The van der Waals surface area contributed by atoms with Gasteiger partial charge in [0.25, 0.3) is 0 Å². The first-order valence-electron chi connectivity index (χ1n) is 8.04. The van der Waals surface area contributed by atoms with Crippen LogP contribution in [0.5, 0.6) is 0 Å². The molecule has 0 saturated carbocycles. The maximum atomic E-state index is 13.9. The molecule has 0 radical (unpaired) electrons. The number of fused-ring (bicyclic) bond motifs is 1. The average molecular weight is 356 g/mol. The van der Waals surface area contributed by atoms with Crippen molar-refractivity contribution in [3.63, 3.8) is 0 Å². The molecule has 0 spiro atoms. The fourth-order valence-electron chi connectivity index (χ4n) is 2.99. The van der Waals surface area contributed by atoms with Gasteiger partial charge in [-0.1, -0.05) is 29.1 Å². The van der Waals surface area contributed by atoms with Crippen LogP contribution in [-0.2, 0) is 19.5 Å². The molecule has 7 heteroatoms. The molecule has 0 fully saturated rings. The number of hydrogen-bond donors (Lipinski definition) is 0. The summed E-state index contributed by atoms with van der Waals surface area (Å²) in [5.74, 6) is 0.430. The van der Waals surface area contributed by atoms with Gasteiger partial charge in [0.05, 0.1) is 12.2 Å². The van der Waals surface area contributed by atoms with Crippen LogP contribution >= 0.6 is 11.8 Å². The molecule has 128 valence electrons. The van der Waals surface area contributed by atoms with Crippen LogP contribution < -0.4 is 0 Å². The molecule has 0 aliphatic carbocycles. The Morgan fingerprint density at radius 1 is 1.32 bits per heavy atom. The summed E-state index contributed by atoms with van der Waals surface area (Å²) >= 11 is 1.56. The fourth-order valence-corrected chi connectivity index (χ4v) is 3.35. The number of hydrogen-bond acceptors (Lipinski definition) is 6. The third-order valence-corrected chi connectivity index (χ3v) is 4.82. The molecule has 2 aromatic heterocycles. The number of nitrogens with zero attached hydrogens (tertiary/aromatic N) is 4. The minimum absolute atomic E-state index is 0.295. The molecule has 3 heterocycles. The summed E-state index contributed by atoms with van der Waals surface area (Å²) in [6, 6.07) is 8.39. The topological polar surface area (TPSA) is 55.1 Å². The summed E-state index contributed by atoms with van der Waals surface area (Å²) in [5, 5.41) is 4.83. The Labute approximate surface area is 149 Å². The minimum Gasteiger partial charge on any atom is -0.359 e. The zero-order chi connectivity index (χ0) is 17.2. The van der Waals surface area contributed by atoms with Crippen LogP contribution in [0.2, 0.25) is 0 Å². The lowest BCUT2D eigenvalue weighted by atomic mass is 10.1. The van der Waals surface area contributed by atoms with E-state index in [1.807, 2.05) is 12.5 Å². The summed E-state index contributed by atoms with van der Waals surface area (Å²) in [7, 11) is 0. The highest BCUT2D eigenvalue weighted by atomic mass is 32.2. The van der Waals surface area contributed by atoms with Crippen molar-refractivity contribution in [1.82, 2.24) is 20.0 Å². The van der Waals surface area contributed by atoms with Gasteiger partial charge in [0.15, 0.2) is 10.9 Å². The first-order valence-corrected chi connectivity index (χ1v) is 9.27. The Morgan fingerprint density at radius 2 is 2.20 bits per heavy atom. The first kappa shape index (κ1) is 16.2. The quantitative estimate of drug-likeness (QED) is 0.526. The van der Waals surface area contributed by atoms with Gasteiger partial charge in [-0.15, -0.1) is 0 Å². The van der Waals surface area contributed by atoms with Gasteiger partial charge in [0.1, 0.15) is 11.5 Å². The van der Waals surface area contributed by atoms with E-state index < -0.39 is 0 Å². The second-order valence-corrected chi connectivity index (χ2v) is 6.72. The van der Waals surface area contributed by atoms with Crippen molar-refractivity contribution >= 4 is 11.8 Å². The Bertz CT molecular complexity index is 898. The maximum absolute atomic E-state index is 13.9. The van der Waals surface area contributed by atoms with E-state index in [0.29, 0.717) is 17.8 Å². The number of halogens is 1. The highest BCUT2D eigenvalue weighted by Crippen LogP contribution is 2.24. The number of thioether (sulfide) groups is 1. The summed E-state index contributed by atoms with van der Waals surface area (Å²) in [5.41, 5.74) is 3.26. The highest BCUT2D eigenvalue weighted by Gasteiger charge is 2.20. The summed E-state index contributed by atoms with van der Waals surface area (Å²) in [6.45, 7) is 2.30. The molecule has 3 aromatic rings. The second kappa shape index (κ2) is 6.93. The van der Waals surface area contributed by atoms with Crippen LogP contribution in [0.15, 0.2) is 46.2 Å². The van der Waals surface area contributed by atoms with Crippen molar-refractivity contribution < 1.29 is 8.91 Å². The predicted molar refractivity (Wildman–Crippen MR) is 93.5 cm³/mol. The molecular formula is C18H17FN4OS. The van der Waals surface area contributed by atoms with Crippen LogP contribution in [0.25, 0.3) is 11.3 Å². The van der Waals surface area contributed by atoms with E-state index in [0.717, 1.165) is 41.7 Å². The molecule has 1 aliphatic heterocycles. The predicted octanol–water partition coefficient (Wildman–Crippen LogP) is 3.55. The molecule has 1 aromatic carbocycles. The minimum atomic E-state index is -0.295. The molecule has 0 atom stereocenters. The molecule has 0 bridgehead atoms. The van der Waals surface area contributed by atoms with Crippen LogP contribution in [0.1, 0.15) is 17.0 Å². The average Bonchev–Trinajstić information content (AvgIpc) is 3.10. The first-order chi connectivity index (χ1) is 12.2. The van der Waals surface area contributed by atoms with Crippen LogP contribution in [0.3, 0.4) is 0 Å². The van der Waals surface area contributed by atoms with Gasteiger partial charge < -0.3 is 4.52 Å². The molecule has 0 saturated heterocycles. The Morgan fingerprint density at radius 3 is 3.04 bits per heavy atom. The lowest BCUT2D eigenvalue weighted by molar-refractivity contribution is 0.212. The molecule has 25 heavy (non-hydrogen) atoms. The lowest BCUT2D eigenvalue weighted by Gasteiger charge is -2.26. The second-order valence-electron chi connectivity index (χ2n) is 5.95. The van der Waals surface area contributed by atoms with Crippen LogP contribution in [0.4, 0.5) is 4.39 Å². The summed E-state index contributed by atoms with van der Waals surface area (Å²) in [4.78, 5) is 11.2. The molecule has 5 nitrogen and oxygen atoms in total. The van der Waals surface area contributed by atoms with Gasteiger partial charge in [-0.2, -0.15) is 0 Å². The molecule has 0 N–H and O–H groups in total. The van der Waals surface area contributed by atoms with E-state index in [9.17, 15) is 4.39 Å².